The van der Waals surface area contributed by atoms with Gasteiger partial charge in [-0.05, 0) is 55.1 Å². The molecule has 0 saturated carbocycles. The van der Waals surface area contributed by atoms with E-state index in [4.69, 9.17) is 11.6 Å². The molecule has 0 N–H and O–H groups in total. The van der Waals surface area contributed by atoms with Crippen LogP contribution in [0.1, 0.15) is 5.56 Å². The number of aromatic nitrogens is 1. The monoisotopic (exact) mass is 357 g/mol. The first-order valence-electron chi connectivity index (χ1n) is 8.56. The lowest BCUT2D eigenvalue weighted by Crippen LogP contribution is -2.43. The molecule has 2 aromatic carbocycles. The van der Waals surface area contributed by atoms with E-state index in [0.29, 0.717) is 5.02 Å². The van der Waals surface area contributed by atoms with Crippen molar-refractivity contribution < 1.29 is 4.39 Å². The Bertz CT molecular complexity index is 880. The largest absolute Gasteiger partial charge is 0.316 e. The van der Waals surface area contributed by atoms with Crippen molar-refractivity contribution in [2.45, 2.75) is 6.54 Å². The van der Waals surface area contributed by atoms with Crippen LogP contribution in [-0.2, 0) is 6.54 Å². The second-order valence-electron chi connectivity index (χ2n) is 6.74. The minimum absolute atomic E-state index is 0.194. The summed E-state index contributed by atoms with van der Waals surface area (Å²) in [4.78, 5) is 4.78. The number of rotatable bonds is 3. The quantitative estimate of drug-likeness (QED) is 0.697. The van der Waals surface area contributed by atoms with Crippen LogP contribution in [0.4, 0.5) is 4.39 Å². The minimum atomic E-state index is -0.194. The standard InChI is InChI=1S/C20H21ClFN3/c1-23-8-10-24(11-9-23)13-15-14-25(18-5-2-16(21)3-6-18)20-7-4-17(22)12-19(15)20/h2-7,12,14H,8-11,13H2,1H3. The van der Waals surface area contributed by atoms with Crippen LogP contribution in [0, 0.1) is 5.82 Å². The Kier molecular flexibility index (Phi) is 4.50. The highest BCUT2D eigenvalue weighted by Gasteiger charge is 2.17. The van der Waals surface area contributed by atoms with E-state index in [2.05, 4.69) is 27.6 Å². The number of hydrogen-bond donors (Lipinski definition) is 0. The number of nitrogens with zero attached hydrogens (tertiary/aromatic N) is 3. The van der Waals surface area contributed by atoms with Crippen LogP contribution in [0.15, 0.2) is 48.7 Å². The van der Waals surface area contributed by atoms with E-state index in [1.54, 1.807) is 6.07 Å². The fraction of sp³-hybridized carbons (Fsp3) is 0.300. The topological polar surface area (TPSA) is 11.4 Å². The number of piperazine rings is 1. The van der Waals surface area contributed by atoms with Gasteiger partial charge in [0.2, 0.25) is 0 Å². The molecule has 2 heterocycles. The molecule has 0 amide bonds. The van der Waals surface area contributed by atoms with Crippen LogP contribution in [0.3, 0.4) is 0 Å². The summed E-state index contributed by atoms with van der Waals surface area (Å²) in [5.74, 6) is -0.194. The molecule has 3 aromatic rings. The van der Waals surface area contributed by atoms with E-state index < -0.39 is 0 Å². The summed E-state index contributed by atoms with van der Waals surface area (Å²) in [6, 6.07) is 12.8. The number of hydrogen-bond acceptors (Lipinski definition) is 2. The van der Waals surface area contributed by atoms with Gasteiger partial charge in [-0.1, -0.05) is 11.6 Å². The number of likely N-dealkylation sites (N-methyl/N-ethyl adjacent to an activating group) is 1. The van der Waals surface area contributed by atoms with E-state index in [1.807, 2.05) is 30.3 Å². The molecule has 0 spiro atoms. The van der Waals surface area contributed by atoms with Gasteiger partial charge >= 0.3 is 0 Å². The average molecular weight is 358 g/mol. The lowest BCUT2D eigenvalue weighted by Gasteiger charge is -2.32. The van der Waals surface area contributed by atoms with E-state index in [0.717, 1.165) is 54.9 Å². The predicted octanol–water partition coefficient (Wildman–Crippen LogP) is 4.17. The van der Waals surface area contributed by atoms with E-state index in [-0.39, 0.29) is 5.82 Å². The van der Waals surface area contributed by atoms with Crippen molar-refractivity contribution in [3.05, 3.63) is 65.1 Å². The molecular weight excluding hydrogens is 337 g/mol. The molecule has 0 atom stereocenters. The molecule has 5 heteroatoms. The zero-order chi connectivity index (χ0) is 17.4. The van der Waals surface area contributed by atoms with Crippen molar-refractivity contribution in [2.75, 3.05) is 33.2 Å². The molecular formula is C20H21ClFN3. The summed E-state index contributed by atoms with van der Waals surface area (Å²) in [5, 5.41) is 1.69. The fourth-order valence-electron chi connectivity index (χ4n) is 3.46. The van der Waals surface area contributed by atoms with Crippen LogP contribution in [0.5, 0.6) is 0 Å². The first-order valence-corrected chi connectivity index (χ1v) is 8.94. The van der Waals surface area contributed by atoms with Crippen LogP contribution in [0.25, 0.3) is 16.6 Å². The highest BCUT2D eigenvalue weighted by molar-refractivity contribution is 6.30. The maximum atomic E-state index is 13.9. The Morgan fingerprint density at radius 2 is 1.72 bits per heavy atom. The van der Waals surface area contributed by atoms with Crippen LogP contribution in [0.2, 0.25) is 5.02 Å². The van der Waals surface area contributed by atoms with Crippen molar-refractivity contribution in [2.24, 2.45) is 0 Å². The van der Waals surface area contributed by atoms with Gasteiger partial charge in [-0.25, -0.2) is 4.39 Å². The van der Waals surface area contributed by atoms with Crippen molar-refractivity contribution in [1.82, 2.24) is 14.4 Å². The van der Waals surface area contributed by atoms with E-state index >= 15 is 0 Å². The highest BCUT2D eigenvalue weighted by atomic mass is 35.5. The molecule has 1 aromatic heterocycles. The van der Waals surface area contributed by atoms with Gasteiger partial charge in [0.15, 0.2) is 0 Å². The van der Waals surface area contributed by atoms with Crippen molar-refractivity contribution in [1.29, 1.82) is 0 Å². The van der Waals surface area contributed by atoms with Crippen LogP contribution >= 0.6 is 11.6 Å². The smallest absolute Gasteiger partial charge is 0.123 e. The summed E-state index contributed by atoms with van der Waals surface area (Å²) < 4.78 is 16.0. The molecule has 25 heavy (non-hydrogen) atoms. The molecule has 1 fully saturated rings. The minimum Gasteiger partial charge on any atom is -0.316 e. The molecule has 0 unspecified atom stereocenters. The average Bonchev–Trinajstić information content (AvgIpc) is 2.95. The van der Waals surface area contributed by atoms with Gasteiger partial charge in [-0.15, -0.1) is 0 Å². The second kappa shape index (κ2) is 6.79. The SMILES string of the molecule is CN1CCN(Cc2cn(-c3ccc(Cl)cc3)c3ccc(F)cc23)CC1. The van der Waals surface area contributed by atoms with Gasteiger partial charge in [0.05, 0.1) is 5.52 Å². The first-order chi connectivity index (χ1) is 12.1. The van der Waals surface area contributed by atoms with Crippen LogP contribution < -0.4 is 0 Å². The molecule has 1 aliphatic heterocycles. The van der Waals surface area contributed by atoms with Crippen molar-refractivity contribution in [3.8, 4) is 5.69 Å². The first kappa shape index (κ1) is 16.6. The van der Waals surface area contributed by atoms with Gasteiger partial charge < -0.3 is 9.47 Å². The predicted molar refractivity (Wildman–Crippen MR) is 101 cm³/mol. The summed E-state index contributed by atoms with van der Waals surface area (Å²) in [6.45, 7) is 5.07. The molecule has 1 aliphatic rings. The zero-order valence-corrected chi connectivity index (χ0v) is 15.0. The number of benzene rings is 2. The van der Waals surface area contributed by atoms with E-state index in [9.17, 15) is 4.39 Å². The summed E-state index contributed by atoms with van der Waals surface area (Å²) in [5.41, 5.74) is 3.22. The van der Waals surface area contributed by atoms with Crippen molar-refractivity contribution >= 4 is 22.5 Å². The third-order valence-corrected chi connectivity index (χ3v) is 5.20. The number of fused-ring (bicyclic) bond motifs is 1. The number of halogens is 2. The Hall–Kier alpha value is -1.88. The maximum absolute atomic E-state index is 13.9. The van der Waals surface area contributed by atoms with Crippen LogP contribution in [-0.4, -0.2) is 47.6 Å². The van der Waals surface area contributed by atoms with Crippen molar-refractivity contribution in [3.63, 3.8) is 0 Å². The van der Waals surface area contributed by atoms with Gasteiger partial charge in [-0.3, -0.25) is 4.90 Å². The van der Waals surface area contributed by atoms with Gasteiger partial charge in [-0.2, -0.15) is 0 Å². The summed E-state index contributed by atoms with van der Waals surface area (Å²) in [7, 11) is 2.15. The molecule has 0 radical (unpaired) electrons. The maximum Gasteiger partial charge on any atom is 0.123 e. The lowest BCUT2D eigenvalue weighted by atomic mass is 10.1. The Morgan fingerprint density at radius 1 is 1.00 bits per heavy atom. The fourth-order valence-corrected chi connectivity index (χ4v) is 3.58. The van der Waals surface area contributed by atoms with Gasteiger partial charge in [0.25, 0.3) is 0 Å². The third kappa shape index (κ3) is 3.43. The summed E-state index contributed by atoms with van der Waals surface area (Å²) in [6.07, 6.45) is 2.13. The van der Waals surface area contributed by atoms with E-state index in [1.165, 1.54) is 6.07 Å². The highest BCUT2D eigenvalue weighted by Crippen LogP contribution is 2.27. The Morgan fingerprint density at radius 3 is 2.44 bits per heavy atom. The zero-order valence-electron chi connectivity index (χ0n) is 14.3. The summed E-state index contributed by atoms with van der Waals surface area (Å²) >= 11 is 6.01. The molecule has 3 nitrogen and oxygen atoms in total. The third-order valence-electron chi connectivity index (χ3n) is 4.94. The molecule has 1 saturated heterocycles. The molecule has 4 rings (SSSR count). The Balaban J connectivity index is 1.73. The Labute approximate surface area is 152 Å². The molecule has 0 aliphatic carbocycles. The second-order valence-corrected chi connectivity index (χ2v) is 7.18. The van der Waals surface area contributed by atoms with Gasteiger partial charge in [0.1, 0.15) is 5.82 Å². The lowest BCUT2D eigenvalue weighted by molar-refractivity contribution is 0.148. The van der Waals surface area contributed by atoms with Gasteiger partial charge in [0, 0.05) is 55.0 Å². The molecule has 0 bridgehead atoms. The molecule has 130 valence electrons. The normalized spacial score (nSPS) is 16.6.